The van der Waals surface area contributed by atoms with Crippen LogP contribution in [0, 0.1) is 0 Å². The van der Waals surface area contributed by atoms with Crippen LogP contribution in [0.25, 0.3) is 0 Å². The van der Waals surface area contributed by atoms with Gasteiger partial charge >= 0.3 is 17.9 Å². The molecule has 1 N–H and O–H groups in total. The zero-order chi connectivity index (χ0) is 16.1. The Morgan fingerprint density at radius 2 is 1.60 bits per heavy atom. The number of hydrogen-bond acceptors (Lipinski definition) is 8. The number of carboxylic acids is 1. The first-order valence-corrected chi connectivity index (χ1v) is 5.72. The molecular weight excluding hydrogens is 272 g/mol. The van der Waals surface area contributed by atoms with Gasteiger partial charge in [-0.1, -0.05) is 0 Å². The van der Waals surface area contributed by atoms with Crippen molar-refractivity contribution in [2.75, 3.05) is 0 Å². The van der Waals surface area contributed by atoms with Gasteiger partial charge in [-0.05, 0) is 20.8 Å². The minimum Gasteiger partial charge on any atom is -0.550 e. The lowest BCUT2D eigenvalue weighted by atomic mass is 9.95. The van der Waals surface area contributed by atoms with Crippen LogP contribution in [0.3, 0.4) is 0 Å². The second-order valence-corrected chi connectivity index (χ2v) is 5.22. The van der Waals surface area contributed by atoms with Gasteiger partial charge in [0.25, 0.3) is 0 Å². The number of hydrogen-bond donors (Lipinski definition) is 1. The van der Waals surface area contributed by atoms with Crippen molar-refractivity contribution in [1.82, 2.24) is 0 Å². The van der Waals surface area contributed by atoms with E-state index in [-0.39, 0.29) is 0 Å². The molecule has 0 bridgehead atoms. The normalized spacial score (nSPS) is 14.1. The maximum Gasteiger partial charge on any atom is 0.339 e. The quantitative estimate of drug-likeness (QED) is 0.487. The summed E-state index contributed by atoms with van der Waals surface area (Å²) >= 11 is 0. The molecule has 0 spiro atoms. The average Bonchev–Trinajstić information content (AvgIpc) is 2.10. The van der Waals surface area contributed by atoms with Crippen molar-refractivity contribution in [3.63, 3.8) is 0 Å². The molecule has 114 valence electrons. The third-order valence-corrected chi connectivity index (χ3v) is 1.91. The molecule has 0 amide bonds. The standard InChI is InChI=1S/C12H18O8/c1-7(13)19-9(16)6-12(18,5-8(14)15)10(17)20-11(2,3)4/h18H,5-6H2,1-4H3,(H,14,15)/p-1. The summed E-state index contributed by atoms with van der Waals surface area (Å²) in [6.07, 6.45) is -2.19. The van der Waals surface area contributed by atoms with E-state index in [1.807, 2.05) is 0 Å². The van der Waals surface area contributed by atoms with Crippen molar-refractivity contribution in [3.05, 3.63) is 0 Å². The highest BCUT2D eigenvalue weighted by molar-refractivity contribution is 5.92. The number of rotatable bonds is 5. The van der Waals surface area contributed by atoms with E-state index in [1.54, 1.807) is 0 Å². The van der Waals surface area contributed by atoms with Crippen molar-refractivity contribution in [2.45, 2.75) is 51.7 Å². The summed E-state index contributed by atoms with van der Waals surface area (Å²) in [4.78, 5) is 44.3. The van der Waals surface area contributed by atoms with E-state index in [2.05, 4.69) is 4.74 Å². The van der Waals surface area contributed by atoms with Gasteiger partial charge < -0.3 is 24.5 Å². The summed E-state index contributed by atoms with van der Waals surface area (Å²) in [6, 6.07) is 0. The van der Waals surface area contributed by atoms with E-state index in [0.717, 1.165) is 6.92 Å². The fourth-order valence-electron chi connectivity index (χ4n) is 1.25. The van der Waals surface area contributed by atoms with Crippen LogP contribution in [0.4, 0.5) is 0 Å². The van der Waals surface area contributed by atoms with Crippen molar-refractivity contribution in [2.24, 2.45) is 0 Å². The highest BCUT2D eigenvalue weighted by atomic mass is 16.6. The van der Waals surface area contributed by atoms with Crippen LogP contribution in [-0.4, -0.2) is 40.2 Å². The Kier molecular flexibility index (Phi) is 5.83. The summed E-state index contributed by atoms with van der Waals surface area (Å²) in [5.74, 6) is -5.26. The molecule has 0 aliphatic carbocycles. The zero-order valence-corrected chi connectivity index (χ0v) is 11.7. The van der Waals surface area contributed by atoms with Gasteiger partial charge in [-0.3, -0.25) is 9.59 Å². The summed E-state index contributed by atoms with van der Waals surface area (Å²) in [6.45, 7) is 5.44. The van der Waals surface area contributed by atoms with Gasteiger partial charge in [0.2, 0.25) is 0 Å². The molecule has 8 heteroatoms. The van der Waals surface area contributed by atoms with Gasteiger partial charge in [-0.15, -0.1) is 0 Å². The highest BCUT2D eigenvalue weighted by Gasteiger charge is 2.42. The number of carboxylic acid groups (broad SMARTS) is 1. The lowest BCUT2D eigenvalue weighted by Crippen LogP contribution is -2.49. The average molecular weight is 289 g/mol. The first kappa shape index (κ1) is 18.0. The third kappa shape index (κ3) is 6.83. The zero-order valence-electron chi connectivity index (χ0n) is 11.7. The molecule has 0 radical (unpaired) electrons. The van der Waals surface area contributed by atoms with E-state index < -0.39 is 47.9 Å². The molecule has 1 atom stereocenters. The maximum atomic E-state index is 11.8. The summed E-state index contributed by atoms with van der Waals surface area (Å²) in [7, 11) is 0. The highest BCUT2D eigenvalue weighted by Crippen LogP contribution is 2.22. The van der Waals surface area contributed by atoms with Crippen molar-refractivity contribution in [1.29, 1.82) is 0 Å². The number of carbonyl (C=O) groups is 4. The van der Waals surface area contributed by atoms with Crippen LogP contribution >= 0.6 is 0 Å². The number of aliphatic hydroxyl groups is 1. The molecule has 1 unspecified atom stereocenters. The lowest BCUT2D eigenvalue weighted by molar-refractivity contribution is -0.309. The fraction of sp³-hybridized carbons (Fsp3) is 0.667. The largest absolute Gasteiger partial charge is 0.550 e. The van der Waals surface area contributed by atoms with E-state index in [1.165, 1.54) is 20.8 Å². The molecule has 0 aliphatic heterocycles. The van der Waals surface area contributed by atoms with Gasteiger partial charge in [0.05, 0.1) is 6.42 Å². The number of aliphatic carboxylic acids is 1. The van der Waals surface area contributed by atoms with Crippen LogP contribution in [0.2, 0.25) is 0 Å². The molecular formula is C12H17O8-. The monoisotopic (exact) mass is 289 g/mol. The number of ether oxygens (including phenoxy) is 2. The molecule has 0 rings (SSSR count). The molecule has 0 aromatic rings. The van der Waals surface area contributed by atoms with Crippen molar-refractivity contribution >= 4 is 23.9 Å². The molecule has 20 heavy (non-hydrogen) atoms. The van der Waals surface area contributed by atoms with Gasteiger partial charge in [-0.25, -0.2) is 4.79 Å². The minimum absolute atomic E-state index is 0.948. The van der Waals surface area contributed by atoms with Crippen LogP contribution in [0.15, 0.2) is 0 Å². The predicted molar refractivity (Wildman–Crippen MR) is 61.8 cm³/mol. The summed E-state index contributed by atoms with van der Waals surface area (Å²) in [5, 5.41) is 20.6. The Balaban J connectivity index is 5.09. The SMILES string of the molecule is CC(=O)OC(=O)CC(O)(CC(=O)[O-])C(=O)OC(C)(C)C. The molecule has 0 saturated heterocycles. The second kappa shape index (κ2) is 6.47. The smallest absolute Gasteiger partial charge is 0.339 e. The molecule has 0 saturated carbocycles. The second-order valence-electron chi connectivity index (χ2n) is 5.22. The van der Waals surface area contributed by atoms with Crippen LogP contribution in [0.5, 0.6) is 0 Å². The summed E-state index contributed by atoms with van der Waals surface area (Å²) < 4.78 is 8.99. The Hall–Kier alpha value is -1.96. The van der Waals surface area contributed by atoms with Crippen molar-refractivity contribution < 1.29 is 38.9 Å². The minimum atomic E-state index is -2.65. The van der Waals surface area contributed by atoms with Gasteiger partial charge in [0, 0.05) is 19.3 Å². The van der Waals surface area contributed by atoms with Crippen LogP contribution in [-0.2, 0) is 28.7 Å². The summed E-state index contributed by atoms with van der Waals surface area (Å²) in [5.41, 5.74) is -3.65. The first-order valence-electron chi connectivity index (χ1n) is 5.72. The molecule has 0 fully saturated rings. The lowest BCUT2D eigenvalue weighted by Gasteiger charge is -2.29. The Labute approximate surface area is 115 Å². The number of esters is 3. The Morgan fingerprint density at radius 1 is 1.10 bits per heavy atom. The molecule has 0 aromatic carbocycles. The van der Waals surface area contributed by atoms with Gasteiger partial charge in [-0.2, -0.15) is 0 Å². The van der Waals surface area contributed by atoms with Gasteiger partial charge in [0.15, 0.2) is 5.60 Å². The molecule has 0 heterocycles. The van der Waals surface area contributed by atoms with Crippen LogP contribution < -0.4 is 5.11 Å². The van der Waals surface area contributed by atoms with Crippen LogP contribution in [0.1, 0.15) is 40.5 Å². The maximum absolute atomic E-state index is 11.8. The van der Waals surface area contributed by atoms with E-state index in [4.69, 9.17) is 4.74 Å². The third-order valence-electron chi connectivity index (χ3n) is 1.91. The Bertz CT molecular complexity index is 420. The topological polar surface area (TPSA) is 130 Å². The van der Waals surface area contributed by atoms with Gasteiger partial charge in [0.1, 0.15) is 5.60 Å². The molecule has 0 aromatic heterocycles. The van der Waals surface area contributed by atoms with E-state index in [0.29, 0.717) is 0 Å². The molecule has 0 aliphatic rings. The predicted octanol–water partition coefficient (Wildman–Crippen LogP) is -1.32. The van der Waals surface area contributed by atoms with Crippen molar-refractivity contribution in [3.8, 4) is 0 Å². The Morgan fingerprint density at radius 3 is 1.95 bits per heavy atom. The fourth-order valence-corrected chi connectivity index (χ4v) is 1.25. The van der Waals surface area contributed by atoms with E-state index in [9.17, 15) is 29.4 Å². The van der Waals surface area contributed by atoms with E-state index >= 15 is 0 Å². The number of carbonyl (C=O) groups excluding carboxylic acids is 4. The first-order chi connectivity index (χ1) is 8.85. The molecule has 8 nitrogen and oxygen atoms in total.